The fourth-order valence-electron chi connectivity index (χ4n) is 2.69. The Hall–Kier alpha value is -1.33. The van der Waals surface area contributed by atoms with Gasteiger partial charge in [-0.05, 0) is 43.4 Å². The second-order valence-corrected chi connectivity index (χ2v) is 7.97. The molecule has 0 spiro atoms. The maximum absolute atomic E-state index is 12.0. The van der Waals surface area contributed by atoms with Crippen LogP contribution in [0.15, 0.2) is 30.3 Å². The molecule has 0 aliphatic heterocycles. The first kappa shape index (κ1) is 16.5. The predicted molar refractivity (Wildman–Crippen MR) is 99.2 cm³/mol. The Balaban J connectivity index is 1.34. The zero-order valence-corrected chi connectivity index (χ0v) is 14.8. The molecule has 1 heterocycles. The lowest BCUT2D eigenvalue weighted by atomic mass is 10.0. The number of nitrogens with zero attached hydrogens (tertiary/aromatic N) is 1. The van der Waals surface area contributed by atoms with Crippen molar-refractivity contribution in [3.63, 3.8) is 0 Å². The summed E-state index contributed by atoms with van der Waals surface area (Å²) in [5.41, 5.74) is 2.55. The molecule has 0 atom stereocenters. The van der Waals surface area contributed by atoms with E-state index in [0.29, 0.717) is 6.42 Å². The first-order chi connectivity index (χ1) is 11.3. The van der Waals surface area contributed by atoms with Crippen molar-refractivity contribution in [3.8, 4) is 0 Å². The Labute approximate surface area is 145 Å². The van der Waals surface area contributed by atoms with Crippen LogP contribution in [0.4, 0.5) is 5.13 Å². The van der Waals surface area contributed by atoms with Crippen LogP contribution in [0.25, 0.3) is 0 Å². The summed E-state index contributed by atoms with van der Waals surface area (Å²) in [6.07, 6.45) is 6.15. The molecule has 0 radical (unpaired) electrons. The predicted octanol–water partition coefficient (Wildman–Crippen LogP) is 4.67. The molecule has 0 unspecified atom stereocenters. The lowest BCUT2D eigenvalue weighted by molar-refractivity contribution is -0.116. The van der Waals surface area contributed by atoms with E-state index >= 15 is 0 Å². The number of anilines is 1. The lowest BCUT2D eigenvalue weighted by Crippen LogP contribution is -2.11. The number of nitrogens with one attached hydrogen (secondary N) is 1. The zero-order valence-electron chi connectivity index (χ0n) is 13.2. The van der Waals surface area contributed by atoms with Gasteiger partial charge in [-0.15, -0.1) is 11.3 Å². The number of rotatable bonds is 7. The largest absolute Gasteiger partial charge is 0.302 e. The molecule has 3 rings (SSSR count). The summed E-state index contributed by atoms with van der Waals surface area (Å²) in [4.78, 5) is 17.9. The summed E-state index contributed by atoms with van der Waals surface area (Å²) in [7, 11) is 0. The van der Waals surface area contributed by atoms with Crippen LogP contribution in [-0.4, -0.2) is 16.6 Å². The molecule has 0 saturated heterocycles. The van der Waals surface area contributed by atoms with E-state index in [4.69, 9.17) is 0 Å². The fraction of sp³-hybridized carbons (Fsp3) is 0.444. The van der Waals surface area contributed by atoms with Gasteiger partial charge in [-0.2, -0.15) is 11.8 Å². The van der Waals surface area contributed by atoms with Crippen molar-refractivity contribution in [2.24, 2.45) is 0 Å². The van der Waals surface area contributed by atoms with Crippen molar-refractivity contribution in [1.82, 2.24) is 4.98 Å². The van der Waals surface area contributed by atoms with Gasteiger partial charge in [0, 0.05) is 17.1 Å². The molecule has 0 bridgehead atoms. The molecule has 5 heteroatoms. The highest BCUT2D eigenvalue weighted by atomic mass is 32.2. The summed E-state index contributed by atoms with van der Waals surface area (Å²) >= 11 is 3.54. The number of hydrogen-bond donors (Lipinski definition) is 1. The van der Waals surface area contributed by atoms with Gasteiger partial charge in [-0.1, -0.05) is 30.3 Å². The van der Waals surface area contributed by atoms with Gasteiger partial charge in [-0.25, -0.2) is 4.98 Å². The zero-order chi connectivity index (χ0) is 15.9. The van der Waals surface area contributed by atoms with Gasteiger partial charge in [0.25, 0.3) is 0 Å². The maximum Gasteiger partial charge on any atom is 0.226 e. The Morgan fingerprint density at radius 2 is 2.04 bits per heavy atom. The van der Waals surface area contributed by atoms with Crippen molar-refractivity contribution < 1.29 is 4.79 Å². The summed E-state index contributed by atoms with van der Waals surface area (Å²) in [6.45, 7) is 0. The number of aryl methyl sites for hydroxylation is 2. The molecular formula is C18H22N2OS2. The Morgan fingerprint density at radius 3 is 2.87 bits per heavy atom. The third-order valence-electron chi connectivity index (χ3n) is 3.90. The summed E-state index contributed by atoms with van der Waals surface area (Å²) < 4.78 is 0. The van der Waals surface area contributed by atoms with Crippen LogP contribution in [-0.2, 0) is 23.4 Å². The van der Waals surface area contributed by atoms with Crippen LogP contribution in [0.3, 0.4) is 0 Å². The second kappa shape index (κ2) is 8.50. The van der Waals surface area contributed by atoms with Crippen molar-refractivity contribution >= 4 is 34.1 Å². The maximum atomic E-state index is 12.0. The van der Waals surface area contributed by atoms with E-state index in [0.717, 1.165) is 35.9 Å². The third-order valence-corrected chi connectivity index (χ3v) is 6.08. The van der Waals surface area contributed by atoms with Gasteiger partial charge in [-0.3, -0.25) is 4.79 Å². The van der Waals surface area contributed by atoms with E-state index in [1.165, 1.54) is 29.0 Å². The topological polar surface area (TPSA) is 42.0 Å². The van der Waals surface area contributed by atoms with Gasteiger partial charge >= 0.3 is 0 Å². The van der Waals surface area contributed by atoms with Gasteiger partial charge in [0.05, 0.1) is 5.69 Å². The number of hydrogen-bond acceptors (Lipinski definition) is 4. The normalized spacial score (nSPS) is 13.6. The summed E-state index contributed by atoms with van der Waals surface area (Å²) in [5.74, 6) is 2.12. The van der Waals surface area contributed by atoms with Gasteiger partial charge in [0.15, 0.2) is 5.13 Å². The molecule has 1 aromatic heterocycles. The van der Waals surface area contributed by atoms with E-state index in [1.807, 2.05) is 17.8 Å². The summed E-state index contributed by atoms with van der Waals surface area (Å²) in [5, 5.41) is 3.76. The minimum Gasteiger partial charge on any atom is -0.302 e. The Morgan fingerprint density at radius 1 is 1.22 bits per heavy atom. The first-order valence-corrected chi connectivity index (χ1v) is 10.2. The van der Waals surface area contributed by atoms with Crippen LogP contribution in [0.1, 0.15) is 41.8 Å². The van der Waals surface area contributed by atoms with Gasteiger partial charge in [0.1, 0.15) is 0 Å². The first-order valence-electron chi connectivity index (χ1n) is 8.21. The third kappa shape index (κ3) is 5.08. The molecule has 1 aliphatic carbocycles. The molecule has 1 aliphatic rings. The molecule has 1 aromatic carbocycles. The average Bonchev–Trinajstić information content (AvgIpc) is 2.97. The highest BCUT2D eigenvalue weighted by Crippen LogP contribution is 2.29. The van der Waals surface area contributed by atoms with Crippen molar-refractivity contribution in [2.75, 3.05) is 11.1 Å². The van der Waals surface area contributed by atoms with Crippen molar-refractivity contribution in [2.45, 2.75) is 44.3 Å². The standard InChI is InChI=1S/C18H22N2OS2/c21-17(11-6-12-22-13-14-7-2-1-3-8-14)20-18-19-15-9-4-5-10-16(15)23-18/h1-3,7-8H,4-6,9-13H2,(H,19,20,21). The van der Waals surface area contributed by atoms with E-state index in [9.17, 15) is 4.79 Å². The van der Waals surface area contributed by atoms with E-state index in [1.54, 1.807) is 11.3 Å². The van der Waals surface area contributed by atoms with Gasteiger partial charge in [0.2, 0.25) is 5.91 Å². The molecular weight excluding hydrogens is 324 g/mol. The van der Waals surface area contributed by atoms with Crippen molar-refractivity contribution in [3.05, 3.63) is 46.5 Å². The Bertz CT molecular complexity index is 616. The number of aromatic nitrogens is 1. The number of amides is 1. The number of carbonyl (C=O) groups is 1. The molecule has 1 amide bonds. The molecule has 3 nitrogen and oxygen atoms in total. The number of carbonyl (C=O) groups excluding carboxylic acids is 1. The molecule has 1 N–H and O–H groups in total. The van der Waals surface area contributed by atoms with Crippen LogP contribution >= 0.6 is 23.1 Å². The molecule has 0 saturated carbocycles. The molecule has 23 heavy (non-hydrogen) atoms. The molecule has 0 fully saturated rings. The number of benzene rings is 1. The van der Waals surface area contributed by atoms with Crippen LogP contribution in [0, 0.1) is 0 Å². The van der Waals surface area contributed by atoms with E-state index < -0.39 is 0 Å². The van der Waals surface area contributed by atoms with Crippen LogP contribution < -0.4 is 5.32 Å². The second-order valence-electron chi connectivity index (χ2n) is 5.79. The quantitative estimate of drug-likeness (QED) is 0.741. The van der Waals surface area contributed by atoms with E-state index in [2.05, 4.69) is 34.6 Å². The SMILES string of the molecule is O=C(CCCSCc1ccccc1)Nc1nc2c(s1)CCCC2. The Kier molecular flexibility index (Phi) is 6.11. The lowest BCUT2D eigenvalue weighted by Gasteiger charge is -2.06. The monoisotopic (exact) mass is 346 g/mol. The number of thioether (sulfide) groups is 1. The number of fused-ring (bicyclic) bond motifs is 1. The highest BCUT2D eigenvalue weighted by molar-refractivity contribution is 7.98. The average molecular weight is 347 g/mol. The van der Waals surface area contributed by atoms with Gasteiger partial charge < -0.3 is 5.32 Å². The highest BCUT2D eigenvalue weighted by Gasteiger charge is 2.16. The minimum atomic E-state index is 0.0939. The smallest absolute Gasteiger partial charge is 0.226 e. The van der Waals surface area contributed by atoms with Crippen LogP contribution in [0.2, 0.25) is 0 Å². The fourth-order valence-corrected chi connectivity index (χ4v) is 4.67. The molecule has 2 aromatic rings. The molecule has 122 valence electrons. The minimum absolute atomic E-state index is 0.0939. The van der Waals surface area contributed by atoms with Crippen LogP contribution in [0.5, 0.6) is 0 Å². The number of thiazole rings is 1. The van der Waals surface area contributed by atoms with Crippen molar-refractivity contribution in [1.29, 1.82) is 0 Å². The summed E-state index contributed by atoms with van der Waals surface area (Å²) in [6, 6.07) is 10.5. The van der Waals surface area contributed by atoms with E-state index in [-0.39, 0.29) is 5.91 Å².